The molecule has 1 N–H and O–H groups in total. The average Bonchev–Trinajstić information content (AvgIpc) is 2.81. The van der Waals surface area contributed by atoms with Crippen LogP contribution in [0, 0.1) is 5.92 Å². The molecule has 0 aliphatic rings. The number of rotatable bonds is 9. The van der Waals surface area contributed by atoms with Gasteiger partial charge in [-0.2, -0.15) is 0 Å². The maximum absolute atomic E-state index is 4.78. The smallest absolute Gasteiger partial charge is 0.124 e. The molecule has 0 fully saturated rings. The van der Waals surface area contributed by atoms with Gasteiger partial charge < -0.3 is 9.84 Å². The first-order valence-electron chi connectivity index (χ1n) is 6.46. The Morgan fingerprint density at radius 3 is 2.88 bits per heavy atom. The van der Waals surface area contributed by atoms with E-state index in [1.54, 1.807) is 6.26 Å². The number of nitrogens with zero attached hydrogens (tertiary/aromatic N) is 1. The summed E-state index contributed by atoms with van der Waals surface area (Å²) in [7, 11) is 0. The van der Waals surface area contributed by atoms with Gasteiger partial charge in [0.15, 0.2) is 0 Å². The van der Waals surface area contributed by atoms with E-state index < -0.39 is 0 Å². The molecule has 0 saturated heterocycles. The van der Waals surface area contributed by atoms with Crippen molar-refractivity contribution >= 4 is 0 Å². The Bertz CT molecular complexity index is 246. The lowest BCUT2D eigenvalue weighted by atomic mass is 9.96. The van der Waals surface area contributed by atoms with Crippen LogP contribution in [0.2, 0.25) is 0 Å². The summed E-state index contributed by atoms with van der Waals surface area (Å²) in [5.41, 5.74) is 0.988. The molecule has 16 heavy (non-hydrogen) atoms. The summed E-state index contributed by atoms with van der Waals surface area (Å²) >= 11 is 0. The van der Waals surface area contributed by atoms with Gasteiger partial charge in [0.2, 0.25) is 0 Å². The fraction of sp³-hybridized carbons (Fsp3) is 0.769. The molecule has 3 nitrogen and oxygen atoms in total. The number of hydrogen-bond acceptors (Lipinski definition) is 3. The molecule has 0 bridgehead atoms. The van der Waals surface area contributed by atoms with Gasteiger partial charge in [-0.1, -0.05) is 44.7 Å². The Labute approximate surface area is 98.6 Å². The standard InChI is InChI=1S/C13H24N2O/c1-3-5-6-12(4-2)7-9-14-11-13-8-10-16-15-13/h8,10,12,14H,3-7,9,11H2,1-2H3. The summed E-state index contributed by atoms with van der Waals surface area (Å²) in [6.07, 6.45) is 8.23. The fourth-order valence-electron chi connectivity index (χ4n) is 1.90. The maximum atomic E-state index is 4.78. The van der Waals surface area contributed by atoms with Gasteiger partial charge in [0.05, 0.1) is 5.69 Å². The Morgan fingerprint density at radius 1 is 1.38 bits per heavy atom. The van der Waals surface area contributed by atoms with Crippen LogP contribution < -0.4 is 5.32 Å². The van der Waals surface area contributed by atoms with Crippen LogP contribution in [-0.2, 0) is 6.54 Å². The van der Waals surface area contributed by atoms with Crippen molar-refractivity contribution in [2.24, 2.45) is 5.92 Å². The fourth-order valence-corrected chi connectivity index (χ4v) is 1.90. The molecule has 1 rings (SSSR count). The minimum atomic E-state index is 0.820. The van der Waals surface area contributed by atoms with E-state index in [1.165, 1.54) is 32.1 Å². The van der Waals surface area contributed by atoms with Crippen molar-refractivity contribution < 1.29 is 4.52 Å². The minimum absolute atomic E-state index is 0.820. The Balaban J connectivity index is 2.04. The molecular weight excluding hydrogens is 200 g/mol. The highest BCUT2D eigenvalue weighted by molar-refractivity contribution is 4.93. The number of aromatic nitrogens is 1. The van der Waals surface area contributed by atoms with E-state index in [9.17, 15) is 0 Å². The van der Waals surface area contributed by atoms with E-state index in [0.29, 0.717) is 0 Å². The lowest BCUT2D eigenvalue weighted by Crippen LogP contribution is -2.17. The highest BCUT2D eigenvalue weighted by Crippen LogP contribution is 2.15. The first kappa shape index (κ1) is 13.2. The normalized spacial score (nSPS) is 12.9. The molecule has 1 unspecified atom stereocenters. The van der Waals surface area contributed by atoms with Crippen molar-refractivity contribution in [1.82, 2.24) is 10.5 Å². The van der Waals surface area contributed by atoms with Crippen LogP contribution in [0.15, 0.2) is 16.9 Å². The third-order valence-electron chi connectivity index (χ3n) is 3.07. The summed E-state index contributed by atoms with van der Waals surface area (Å²) in [4.78, 5) is 0. The molecule has 0 saturated carbocycles. The van der Waals surface area contributed by atoms with Gasteiger partial charge >= 0.3 is 0 Å². The number of nitrogens with one attached hydrogen (secondary N) is 1. The van der Waals surface area contributed by atoms with Crippen molar-refractivity contribution in [1.29, 1.82) is 0 Å². The zero-order valence-electron chi connectivity index (χ0n) is 10.5. The van der Waals surface area contributed by atoms with Gasteiger partial charge in [0.25, 0.3) is 0 Å². The molecule has 1 heterocycles. The first-order valence-corrected chi connectivity index (χ1v) is 6.46. The second-order valence-corrected chi connectivity index (χ2v) is 4.37. The van der Waals surface area contributed by atoms with E-state index in [2.05, 4.69) is 24.3 Å². The molecule has 1 aromatic heterocycles. The second-order valence-electron chi connectivity index (χ2n) is 4.37. The maximum Gasteiger partial charge on any atom is 0.124 e. The quantitative estimate of drug-likeness (QED) is 0.653. The second kappa shape index (κ2) is 8.34. The molecule has 0 aliphatic carbocycles. The highest BCUT2D eigenvalue weighted by atomic mass is 16.5. The zero-order chi connectivity index (χ0) is 11.6. The van der Waals surface area contributed by atoms with Crippen molar-refractivity contribution in [2.45, 2.75) is 52.5 Å². The molecule has 1 atom stereocenters. The average molecular weight is 224 g/mol. The summed E-state index contributed by atoms with van der Waals surface area (Å²) in [6.45, 7) is 6.45. The number of unbranched alkanes of at least 4 members (excludes halogenated alkanes) is 1. The van der Waals surface area contributed by atoms with Gasteiger partial charge in [-0.05, 0) is 18.9 Å². The molecule has 0 radical (unpaired) electrons. The van der Waals surface area contributed by atoms with Crippen molar-refractivity contribution in [3.8, 4) is 0 Å². The molecule has 0 amide bonds. The van der Waals surface area contributed by atoms with Crippen molar-refractivity contribution in [3.05, 3.63) is 18.0 Å². The van der Waals surface area contributed by atoms with E-state index in [0.717, 1.165) is 24.7 Å². The van der Waals surface area contributed by atoms with Crippen LogP contribution in [0.4, 0.5) is 0 Å². The summed E-state index contributed by atoms with van der Waals surface area (Å²) in [6, 6.07) is 1.90. The monoisotopic (exact) mass is 224 g/mol. The van der Waals surface area contributed by atoms with E-state index in [-0.39, 0.29) is 0 Å². The number of hydrogen-bond donors (Lipinski definition) is 1. The van der Waals surface area contributed by atoms with Crippen LogP contribution in [0.3, 0.4) is 0 Å². The lowest BCUT2D eigenvalue weighted by Gasteiger charge is -2.14. The van der Waals surface area contributed by atoms with Crippen molar-refractivity contribution in [2.75, 3.05) is 6.54 Å². The molecule has 0 aliphatic heterocycles. The summed E-state index contributed by atoms with van der Waals surface area (Å²) in [5.74, 6) is 0.879. The van der Waals surface area contributed by atoms with Gasteiger partial charge in [0.1, 0.15) is 6.26 Å². The van der Waals surface area contributed by atoms with Crippen LogP contribution in [0.25, 0.3) is 0 Å². The Hall–Kier alpha value is -0.830. The van der Waals surface area contributed by atoms with Gasteiger partial charge in [0, 0.05) is 12.6 Å². The molecule has 0 spiro atoms. The van der Waals surface area contributed by atoms with Crippen LogP contribution >= 0.6 is 0 Å². The van der Waals surface area contributed by atoms with E-state index >= 15 is 0 Å². The molecule has 0 aromatic carbocycles. The molecule has 1 aromatic rings. The predicted molar refractivity (Wildman–Crippen MR) is 66.1 cm³/mol. The Morgan fingerprint density at radius 2 is 2.25 bits per heavy atom. The zero-order valence-corrected chi connectivity index (χ0v) is 10.5. The van der Waals surface area contributed by atoms with Gasteiger partial charge in [-0.3, -0.25) is 0 Å². The van der Waals surface area contributed by atoms with Crippen LogP contribution in [-0.4, -0.2) is 11.7 Å². The molecular formula is C13H24N2O. The van der Waals surface area contributed by atoms with E-state index in [1.807, 2.05) is 6.07 Å². The van der Waals surface area contributed by atoms with Gasteiger partial charge in [-0.25, -0.2) is 0 Å². The third kappa shape index (κ3) is 5.31. The highest BCUT2D eigenvalue weighted by Gasteiger charge is 2.05. The summed E-state index contributed by atoms with van der Waals surface area (Å²) < 4.78 is 4.78. The third-order valence-corrected chi connectivity index (χ3v) is 3.07. The first-order chi connectivity index (χ1) is 7.86. The Kier molecular flexibility index (Phi) is 6.90. The van der Waals surface area contributed by atoms with Gasteiger partial charge in [-0.15, -0.1) is 0 Å². The molecule has 3 heteroatoms. The largest absolute Gasteiger partial charge is 0.364 e. The SMILES string of the molecule is CCCCC(CC)CCNCc1ccon1. The van der Waals surface area contributed by atoms with Crippen LogP contribution in [0.5, 0.6) is 0 Å². The topological polar surface area (TPSA) is 38.1 Å². The lowest BCUT2D eigenvalue weighted by molar-refractivity contribution is 0.396. The van der Waals surface area contributed by atoms with E-state index in [4.69, 9.17) is 4.52 Å². The predicted octanol–water partition coefficient (Wildman–Crippen LogP) is 3.37. The molecule has 92 valence electrons. The minimum Gasteiger partial charge on any atom is -0.364 e. The summed E-state index contributed by atoms with van der Waals surface area (Å²) in [5, 5.41) is 7.27. The van der Waals surface area contributed by atoms with Crippen molar-refractivity contribution in [3.63, 3.8) is 0 Å². The van der Waals surface area contributed by atoms with Crippen LogP contribution in [0.1, 0.15) is 51.6 Å².